The highest BCUT2D eigenvalue weighted by molar-refractivity contribution is 5.70. The topological polar surface area (TPSA) is 55.8 Å². The van der Waals surface area contributed by atoms with Crippen molar-refractivity contribution in [2.75, 3.05) is 6.61 Å². The van der Waals surface area contributed by atoms with Crippen molar-refractivity contribution in [3.63, 3.8) is 0 Å². The van der Waals surface area contributed by atoms with Crippen LogP contribution >= 0.6 is 0 Å². The number of ether oxygens (including phenoxy) is 2. The molecule has 0 spiro atoms. The molecule has 1 aliphatic rings. The SMILES string of the molecule is CCCCCC[C@H]1CCCC(O)[C@@H](CC(=O)OCC)O1. The zero-order chi connectivity index (χ0) is 14.8. The molecule has 4 nitrogen and oxygen atoms in total. The van der Waals surface area contributed by atoms with E-state index in [4.69, 9.17) is 9.47 Å². The standard InChI is InChI=1S/C16H30O4/c1-3-5-6-7-9-13-10-8-11-14(17)15(20-13)12-16(18)19-4-2/h13-15,17H,3-12H2,1-2H3/t13-,14?,15+/m0/s1. The molecule has 0 aromatic rings. The number of rotatable bonds is 8. The lowest BCUT2D eigenvalue weighted by Gasteiger charge is -2.24. The molecule has 4 heteroatoms. The van der Waals surface area contributed by atoms with Gasteiger partial charge in [0.25, 0.3) is 0 Å². The quantitative estimate of drug-likeness (QED) is 0.550. The number of carbonyl (C=O) groups is 1. The van der Waals surface area contributed by atoms with Gasteiger partial charge in [0, 0.05) is 0 Å². The Morgan fingerprint density at radius 3 is 2.75 bits per heavy atom. The van der Waals surface area contributed by atoms with Crippen molar-refractivity contribution in [1.29, 1.82) is 0 Å². The van der Waals surface area contributed by atoms with Crippen molar-refractivity contribution in [3.05, 3.63) is 0 Å². The summed E-state index contributed by atoms with van der Waals surface area (Å²) in [6, 6.07) is 0. The van der Waals surface area contributed by atoms with Crippen LogP contribution in [0.1, 0.15) is 71.6 Å². The number of hydrogen-bond donors (Lipinski definition) is 1. The highest BCUT2D eigenvalue weighted by Gasteiger charge is 2.29. The first kappa shape index (κ1) is 17.4. The van der Waals surface area contributed by atoms with Crippen LogP contribution in [0.5, 0.6) is 0 Å². The number of esters is 1. The summed E-state index contributed by atoms with van der Waals surface area (Å²) < 4.78 is 10.9. The second-order valence-electron chi connectivity index (χ2n) is 5.65. The van der Waals surface area contributed by atoms with E-state index in [1.54, 1.807) is 6.92 Å². The zero-order valence-corrected chi connectivity index (χ0v) is 13.0. The average molecular weight is 286 g/mol. The zero-order valence-electron chi connectivity index (χ0n) is 13.0. The fraction of sp³-hybridized carbons (Fsp3) is 0.938. The van der Waals surface area contributed by atoms with E-state index in [-0.39, 0.29) is 18.5 Å². The van der Waals surface area contributed by atoms with Crippen LogP contribution in [-0.4, -0.2) is 36.0 Å². The molecule has 1 fully saturated rings. The Morgan fingerprint density at radius 2 is 2.05 bits per heavy atom. The molecular formula is C16H30O4. The van der Waals surface area contributed by atoms with Crippen molar-refractivity contribution in [3.8, 4) is 0 Å². The molecule has 1 saturated heterocycles. The average Bonchev–Trinajstić information content (AvgIpc) is 2.58. The van der Waals surface area contributed by atoms with Crippen LogP contribution in [0, 0.1) is 0 Å². The molecule has 1 rings (SSSR count). The van der Waals surface area contributed by atoms with Crippen LogP contribution in [0.4, 0.5) is 0 Å². The van der Waals surface area contributed by atoms with Gasteiger partial charge in [-0.25, -0.2) is 0 Å². The Hall–Kier alpha value is -0.610. The van der Waals surface area contributed by atoms with E-state index in [1.807, 2.05) is 0 Å². The molecule has 0 aromatic carbocycles. The molecule has 1 heterocycles. The molecule has 1 N–H and O–H groups in total. The van der Waals surface area contributed by atoms with Gasteiger partial charge in [0.2, 0.25) is 0 Å². The lowest BCUT2D eigenvalue weighted by Crippen LogP contribution is -2.33. The number of aliphatic hydroxyl groups excluding tert-OH is 1. The first-order valence-electron chi connectivity index (χ1n) is 8.16. The second kappa shape index (κ2) is 10.2. The van der Waals surface area contributed by atoms with Crippen LogP contribution in [0.15, 0.2) is 0 Å². The summed E-state index contributed by atoms with van der Waals surface area (Å²) in [7, 11) is 0. The van der Waals surface area contributed by atoms with Gasteiger partial charge in [-0.3, -0.25) is 4.79 Å². The Balaban J connectivity index is 2.39. The van der Waals surface area contributed by atoms with Gasteiger partial charge in [-0.2, -0.15) is 0 Å². The summed E-state index contributed by atoms with van der Waals surface area (Å²) in [4.78, 5) is 11.6. The van der Waals surface area contributed by atoms with Crippen LogP contribution in [0.3, 0.4) is 0 Å². The molecule has 0 saturated carbocycles. The Kier molecular flexibility index (Phi) is 8.86. The third kappa shape index (κ3) is 6.71. The van der Waals surface area contributed by atoms with E-state index in [9.17, 15) is 9.90 Å². The van der Waals surface area contributed by atoms with E-state index in [2.05, 4.69) is 6.92 Å². The predicted octanol–water partition coefficient (Wildman–Crippen LogP) is 3.21. The summed E-state index contributed by atoms with van der Waals surface area (Å²) in [5.74, 6) is -0.275. The third-order valence-corrected chi connectivity index (χ3v) is 3.88. The lowest BCUT2D eigenvalue weighted by molar-refractivity contribution is -0.151. The van der Waals surface area contributed by atoms with Crippen molar-refractivity contribution < 1.29 is 19.4 Å². The van der Waals surface area contributed by atoms with Crippen molar-refractivity contribution in [2.24, 2.45) is 0 Å². The van der Waals surface area contributed by atoms with E-state index in [0.717, 1.165) is 25.7 Å². The third-order valence-electron chi connectivity index (χ3n) is 3.88. The minimum Gasteiger partial charge on any atom is -0.466 e. The van der Waals surface area contributed by atoms with E-state index < -0.39 is 12.2 Å². The maximum atomic E-state index is 11.6. The van der Waals surface area contributed by atoms with Gasteiger partial charge in [-0.05, 0) is 32.6 Å². The maximum absolute atomic E-state index is 11.6. The van der Waals surface area contributed by atoms with Crippen LogP contribution < -0.4 is 0 Å². The van der Waals surface area contributed by atoms with Gasteiger partial charge >= 0.3 is 5.97 Å². The monoisotopic (exact) mass is 286 g/mol. The van der Waals surface area contributed by atoms with Crippen LogP contribution in [0.2, 0.25) is 0 Å². The molecular weight excluding hydrogens is 256 g/mol. The maximum Gasteiger partial charge on any atom is 0.308 e. The highest BCUT2D eigenvalue weighted by atomic mass is 16.5. The molecule has 1 unspecified atom stereocenters. The lowest BCUT2D eigenvalue weighted by atomic mass is 10.0. The molecule has 0 aliphatic carbocycles. The van der Waals surface area contributed by atoms with Crippen molar-refractivity contribution in [2.45, 2.75) is 89.9 Å². The fourth-order valence-corrected chi connectivity index (χ4v) is 2.73. The predicted molar refractivity (Wildman–Crippen MR) is 78.5 cm³/mol. The van der Waals surface area contributed by atoms with E-state index in [0.29, 0.717) is 6.61 Å². The first-order valence-corrected chi connectivity index (χ1v) is 8.16. The van der Waals surface area contributed by atoms with Gasteiger partial charge < -0.3 is 14.6 Å². The largest absolute Gasteiger partial charge is 0.466 e. The summed E-state index contributed by atoms with van der Waals surface area (Å²) in [6.45, 7) is 4.37. The Labute approximate surface area is 122 Å². The molecule has 0 amide bonds. The van der Waals surface area contributed by atoms with E-state index >= 15 is 0 Å². The number of unbranched alkanes of at least 4 members (excludes halogenated alkanes) is 3. The van der Waals surface area contributed by atoms with Crippen molar-refractivity contribution >= 4 is 5.97 Å². The molecule has 20 heavy (non-hydrogen) atoms. The van der Waals surface area contributed by atoms with Gasteiger partial charge in [0.05, 0.1) is 31.3 Å². The summed E-state index contributed by atoms with van der Waals surface area (Å²) >= 11 is 0. The van der Waals surface area contributed by atoms with Gasteiger partial charge in [-0.1, -0.05) is 32.6 Å². The normalized spacial score (nSPS) is 27.1. The van der Waals surface area contributed by atoms with Crippen molar-refractivity contribution in [1.82, 2.24) is 0 Å². The number of carbonyl (C=O) groups excluding carboxylic acids is 1. The second-order valence-corrected chi connectivity index (χ2v) is 5.65. The van der Waals surface area contributed by atoms with E-state index in [1.165, 1.54) is 25.7 Å². The molecule has 0 radical (unpaired) electrons. The molecule has 118 valence electrons. The Morgan fingerprint density at radius 1 is 1.25 bits per heavy atom. The molecule has 3 atom stereocenters. The molecule has 0 bridgehead atoms. The van der Waals surface area contributed by atoms with Crippen LogP contribution in [0.25, 0.3) is 0 Å². The minimum absolute atomic E-state index is 0.167. The fourth-order valence-electron chi connectivity index (χ4n) is 2.73. The van der Waals surface area contributed by atoms with Gasteiger partial charge in [0.1, 0.15) is 0 Å². The smallest absolute Gasteiger partial charge is 0.308 e. The van der Waals surface area contributed by atoms with Gasteiger partial charge in [-0.15, -0.1) is 0 Å². The van der Waals surface area contributed by atoms with Gasteiger partial charge in [0.15, 0.2) is 0 Å². The molecule has 1 aliphatic heterocycles. The minimum atomic E-state index is -0.542. The highest BCUT2D eigenvalue weighted by Crippen LogP contribution is 2.24. The van der Waals surface area contributed by atoms with Crippen LogP contribution in [-0.2, 0) is 14.3 Å². The molecule has 0 aromatic heterocycles. The summed E-state index contributed by atoms with van der Waals surface area (Å²) in [5.41, 5.74) is 0. The Bertz CT molecular complexity index is 267. The summed E-state index contributed by atoms with van der Waals surface area (Å²) in [5, 5.41) is 10.1. The summed E-state index contributed by atoms with van der Waals surface area (Å²) in [6.07, 6.45) is 8.03. The number of hydrogen-bond acceptors (Lipinski definition) is 4. The number of aliphatic hydroxyl groups is 1. The first-order chi connectivity index (χ1) is 9.67.